The van der Waals surface area contributed by atoms with E-state index in [1.807, 2.05) is 29.2 Å². The molecule has 30 heavy (non-hydrogen) atoms. The van der Waals surface area contributed by atoms with Gasteiger partial charge in [0.25, 0.3) is 5.56 Å². The average molecular weight is 408 g/mol. The molecular weight excluding hydrogens is 384 g/mol. The summed E-state index contributed by atoms with van der Waals surface area (Å²) in [5, 5.41) is 0.441. The number of methoxy groups -OCH3 is 1. The molecule has 0 unspecified atom stereocenters. The molecule has 1 aromatic heterocycles. The molecule has 8 nitrogen and oxygen atoms in total. The number of fused-ring (bicyclic) bond motifs is 1. The van der Waals surface area contributed by atoms with Crippen molar-refractivity contribution >= 4 is 22.5 Å². The summed E-state index contributed by atoms with van der Waals surface area (Å²) >= 11 is 0. The van der Waals surface area contributed by atoms with Gasteiger partial charge in [-0.1, -0.05) is 18.2 Å². The lowest BCUT2D eigenvalue weighted by Crippen LogP contribution is -2.49. The summed E-state index contributed by atoms with van der Waals surface area (Å²) < 4.78 is 6.74. The Morgan fingerprint density at radius 1 is 1.03 bits per heavy atom. The second-order valence-corrected chi connectivity index (χ2v) is 7.25. The molecule has 2 aromatic carbocycles. The van der Waals surface area contributed by atoms with Gasteiger partial charge in [0.15, 0.2) is 0 Å². The standard InChI is InChI=1S/C22H24N4O4/c1-30-17-6-4-5-16(15-17)24-11-13-25(14-12-24)20(27)9-10-26-19-8-3-2-7-18(19)21(28)23-22(26)29/h2-8,15H,9-14H2,1H3,(H,23,28,29). The number of carbonyl (C=O) groups is 1. The third-order valence-electron chi connectivity index (χ3n) is 5.51. The van der Waals surface area contributed by atoms with Gasteiger partial charge in [0.05, 0.1) is 18.0 Å². The van der Waals surface area contributed by atoms with Crippen molar-refractivity contribution in [3.63, 3.8) is 0 Å². The lowest BCUT2D eigenvalue weighted by Gasteiger charge is -2.36. The lowest BCUT2D eigenvalue weighted by atomic mass is 10.2. The fourth-order valence-corrected chi connectivity index (χ4v) is 3.85. The maximum absolute atomic E-state index is 12.7. The predicted octanol–water partition coefficient (Wildman–Crippen LogP) is 1.44. The molecule has 1 aliphatic rings. The maximum Gasteiger partial charge on any atom is 0.328 e. The summed E-state index contributed by atoms with van der Waals surface area (Å²) in [6.45, 7) is 2.95. The number of nitrogens with one attached hydrogen (secondary N) is 1. The van der Waals surface area contributed by atoms with Crippen molar-refractivity contribution < 1.29 is 9.53 Å². The molecule has 156 valence electrons. The highest BCUT2D eigenvalue weighted by Gasteiger charge is 2.21. The topological polar surface area (TPSA) is 87.6 Å². The van der Waals surface area contributed by atoms with Gasteiger partial charge in [-0.3, -0.25) is 19.1 Å². The van der Waals surface area contributed by atoms with E-state index in [2.05, 4.69) is 9.88 Å². The maximum atomic E-state index is 12.7. The molecule has 0 radical (unpaired) electrons. The van der Waals surface area contributed by atoms with Crippen LogP contribution in [0.15, 0.2) is 58.1 Å². The number of anilines is 1. The van der Waals surface area contributed by atoms with Gasteiger partial charge < -0.3 is 14.5 Å². The van der Waals surface area contributed by atoms with E-state index in [0.29, 0.717) is 24.0 Å². The van der Waals surface area contributed by atoms with Crippen molar-refractivity contribution in [2.75, 3.05) is 38.2 Å². The zero-order valence-corrected chi connectivity index (χ0v) is 16.8. The first kappa shape index (κ1) is 19.8. The number of aryl methyl sites for hydroxylation is 1. The van der Waals surface area contributed by atoms with E-state index in [1.54, 1.807) is 31.4 Å². The molecule has 1 aliphatic heterocycles. The van der Waals surface area contributed by atoms with Gasteiger partial charge in [-0.2, -0.15) is 0 Å². The fourth-order valence-electron chi connectivity index (χ4n) is 3.85. The molecule has 2 heterocycles. The van der Waals surface area contributed by atoms with Crippen molar-refractivity contribution in [2.24, 2.45) is 0 Å². The number of benzene rings is 2. The molecule has 8 heteroatoms. The van der Waals surface area contributed by atoms with Crippen LogP contribution >= 0.6 is 0 Å². The Hall–Kier alpha value is -3.55. The van der Waals surface area contributed by atoms with Gasteiger partial charge in [-0.05, 0) is 24.3 Å². The van der Waals surface area contributed by atoms with Crippen LogP contribution in [-0.4, -0.2) is 53.6 Å². The Kier molecular flexibility index (Phi) is 5.56. The molecule has 1 N–H and O–H groups in total. The normalized spacial score (nSPS) is 14.2. The third kappa shape index (κ3) is 3.94. The van der Waals surface area contributed by atoms with Gasteiger partial charge in [0.1, 0.15) is 5.75 Å². The molecule has 4 rings (SSSR count). The first-order valence-corrected chi connectivity index (χ1v) is 9.95. The zero-order chi connectivity index (χ0) is 21.1. The molecule has 0 saturated carbocycles. The van der Waals surface area contributed by atoms with Crippen LogP contribution in [0.5, 0.6) is 5.75 Å². The Balaban J connectivity index is 1.40. The van der Waals surface area contributed by atoms with Crippen molar-refractivity contribution in [1.29, 1.82) is 0 Å². The van der Waals surface area contributed by atoms with Crippen LogP contribution < -0.4 is 20.9 Å². The van der Waals surface area contributed by atoms with Crippen molar-refractivity contribution in [2.45, 2.75) is 13.0 Å². The summed E-state index contributed by atoms with van der Waals surface area (Å²) in [5.74, 6) is 0.812. The summed E-state index contributed by atoms with van der Waals surface area (Å²) in [5.41, 5.74) is 0.718. The van der Waals surface area contributed by atoms with E-state index in [4.69, 9.17) is 4.74 Å². The smallest absolute Gasteiger partial charge is 0.328 e. The first-order valence-electron chi connectivity index (χ1n) is 9.95. The van der Waals surface area contributed by atoms with Gasteiger partial charge in [-0.25, -0.2) is 4.79 Å². The van der Waals surface area contributed by atoms with E-state index in [-0.39, 0.29) is 18.9 Å². The number of para-hydroxylation sites is 1. The fraction of sp³-hybridized carbons (Fsp3) is 0.318. The van der Waals surface area contributed by atoms with E-state index in [1.165, 1.54) is 4.57 Å². The van der Waals surface area contributed by atoms with E-state index >= 15 is 0 Å². The Labute approximate surface area is 173 Å². The summed E-state index contributed by atoms with van der Waals surface area (Å²) in [6, 6.07) is 14.8. The van der Waals surface area contributed by atoms with Crippen LogP contribution in [0.3, 0.4) is 0 Å². The second kappa shape index (κ2) is 8.44. The quantitative estimate of drug-likeness (QED) is 0.690. The summed E-state index contributed by atoms with van der Waals surface area (Å²) in [7, 11) is 1.65. The molecule has 0 atom stereocenters. The van der Waals surface area contributed by atoms with Crippen LogP contribution in [0.2, 0.25) is 0 Å². The molecule has 0 aliphatic carbocycles. The summed E-state index contributed by atoms with van der Waals surface area (Å²) in [6.07, 6.45) is 0.203. The number of ether oxygens (including phenoxy) is 1. The minimum atomic E-state index is -0.491. The number of aromatic amines is 1. The highest BCUT2D eigenvalue weighted by atomic mass is 16.5. The Bertz CT molecular complexity index is 1180. The van der Waals surface area contributed by atoms with Gasteiger partial charge >= 0.3 is 5.69 Å². The number of aromatic nitrogens is 2. The number of piperazine rings is 1. The van der Waals surface area contributed by atoms with Gasteiger partial charge in [-0.15, -0.1) is 0 Å². The minimum Gasteiger partial charge on any atom is -0.497 e. The van der Waals surface area contributed by atoms with Crippen molar-refractivity contribution in [3.05, 3.63) is 69.4 Å². The zero-order valence-electron chi connectivity index (χ0n) is 16.8. The highest BCUT2D eigenvalue weighted by Crippen LogP contribution is 2.22. The van der Waals surface area contributed by atoms with E-state index in [9.17, 15) is 14.4 Å². The Morgan fingerprint density at radius 3 is 2.57 bits per heavy atom. The summed E-state index contributed by atoms with van der Waals surface area (Å²) in [4.78, 5) is 43.3. The molecule has 0 bridgehead atoms. The monoisotopic (exact) mass is 408 g/mol. The van der Waals surface area contributed by atoms with Crippen LogP contribution in [0, 0.1) is 0 Å². The second-order valence-electron chi connectivity index (χ2n) is 7.25. The molecule has 0 spiro atoms. The number of nitrogens with zero attached hydrogens (tertiary/aromatic N) is 3. The molecule has 1 saturated heterocycles. The number of hydrogen-bond acceptors (Lipinski definition) is 5. The van der Waals surface area contributed by atoms with Crippen LogP contribution in [0.4, 0.5) is 5.69 Å². The van der Waals surface area contributed by atoms with Crippen molar-refractivity contribution in [1.82, 2.24) is 14.5 Å². The predicted molar refractivity (Wildman–Crippen MR) is 115 cm³/mol. The minimum absolute atomic E-state index is 0.00229. The van der Waals surface area contributed by atoms with E-state index < -0.39 is 11.2 Å². The molecule has 1 fully saturated rings. The van der Waals surface area contributed by atoms with Gasteiger partial charge in [0, 0.05) is 50.9 Å². The van der Waals surface area contributed by atoms with Crippen LogP contribution in [0.25, 0.3) is 10.9 Å². The highest BCUT2D eigenvalue weighted by molar-refractivity contribution is 5.79. The number of H-pyrrole nitrogens is 1. The third-order valence-corrected chi connectivity index (χ3v) is 5.51. The van der Waals surface area contributed by atoms with E-state index in [0.717, 1.165) is 24.5 Å². The number of carbonyl (C=O) groups excluding carboxylic acids is 1. The first-order chi connectivity index (χ1) is 14.6. The molecule has 1 amide bonds. The number of rotatable bonds is 5. The Morgan fingerprint density at radius 2 is 1.80 bits per heavy atom. The average Bonchev–Trinajstić information content (AvgIpc) is 2.79. The SMILES string of the molecule is COc1cccc(N2CCN(C(=O)CCn3c(=O)[nH]c(=O)c4ccccc43)CC2)c1. The molecule has 3 aromatic rings. The number of amides is 1. The van der Waals surface area contributed by atoms with Gasteiger partial charge in [0.2, 0.25) is 5.91 Å². The molecular formula is C22H24N4O4. The van der Waals surface area contributed by atoms with Crippen molar-refractivity contribution in [3.8, 4) is 5.75 Å². The lowest BCUT2D eigenvalue weighted by molar-refractivity contribution is -0.131. The van der Waals surface area contributed by atoms with Crippen LogP contribution in [-0.2, 0) is 11.3 Å². The number of hydrogen-bond donors (Lipinski definition) is 1. The largest absolute Gasteiger partial charge is 0.497 e. The van der Waals surface area contributed by atoms with Crippen LogP contribution in [0.1, 0.15) is 6.42 Å².